The highest BCUT2D eigenvalue weighted by Crippen LogP contribution is 2.34. The van der Waals surface area contributed by atoms with Gasteiger partial charge in [-0.05, 0) is 23.1 Å². The predicted octanol–water partition coefficient (Wildman–Crippen LogP) is 5.17. The summed E-state index contributed by atoms with van der Waals surface area (Å²) in [6.07, 6.45) is 4.18. The van der Waals surface area contributed by atoms with Gasteiger partial charge in [-0.2, -0.15) is 0 Å². The van der Waals surface area contributed by atoms with Gasteiger partial charge in [0.05, 0.1) is 14.2 Å². The monoisotopic (exact) mass is 296 g/mol. The summed E-state index contributed by atoms with van der Waals surface area (Å²) < 4.78 is 10.8. The highest BCUT2D eigenvalue weighted by atomic mass is 16.5. The van der Waals surface area contributed by atoms with Crippen molar-refractivity contribution in [1.82, 2.24) is 0 Å². The molecule has 0 unspecified atom stereocenters. The molecule has 2 nitrogen and oxygen atoms in total. The molecule has 0 spiro atoms. The van der Waals surface area contributed by atoms with Crippen LogP contribution in [0.1, 0.15) is 37.5 Å². The van der Waals surface area contributed by atoms with Crippen molar-refractivity contribution in [2.75, 3.05) is 14.2 Å². The van der Waals surface area contributed by atoms with Crippen molar-refractivity contribution in [3.63, 3.8) is 0 Å². The molecule has 0 atom stereocenters. The fourth-order valence-corrected chi connectivity index (χ4v) is 2.41. The third-order valence-electron chi connectivity index (χ3n) is 3.63. The van der Waals surface area contributed by atoms with Crippen LogP contribution < -0.4 is 9.47 Å². The molecule has 0 aliphatic rings. The summed E-state index contributed by atoms with van der Waals surface area (Å²) in [7, 11) is 3.41. The molecular formula is C20H24O2. The highest BCUT2D eigenvalue weighted by molar-refractivity contribution is 5.74. The third kappa shape index (κ3) is 3.70. The van der Waals surface area contributed by atoms with Crippen molar-refractivity contribution in [2.45, 2.75) is 26.2 Å². The molecular weight excluding hydrogens is 272 g/mol. The summed E-state index contributed by atoms with van der Waals surface area (Å²) in [4.78, 5) is 0. The largest absolute Gasteiger partial charge is 0.497 e. The molecule has 0 aromatic heterocycles. The molecule has 0 saturated carbocycles. The first-order chi connectivity index (χ1) is 10.5. The topological polar surface area (TPSA) is 18.5 Å². The van der Waals surface area contributed by atoms with Gasteiger partial charge in [-0.15, -0.1) is 0 Å². The van der Waals surface area contributed by atoms with Gasteiger partial charge in [0, 0.05) is 11.1 Å². The first-order valence-electron chi connectivity index (χ1n) is 7.45. The van der Waals surface area contributed by atoms with E-state index in [9.17, 15) is 0 Å². The summed E-state index contributed by atoms with van der Waals surface area (Å²) in [6, 6.07) is 14.3. The zero-order valence-corrected chi connectivity index (χ0v) is 14.0. The van der Waals surface area contributed by atoms with Crippen molar-refractivity contribution in [3.8, 4) is 11.5 Å². The lowest BCUT2D eigenvalue weighted by atomic mass is 9.85. The maximum absolute atomic E-state index is 5.66. The second kappa shape index (κ2) is 6.69. The van der Waals surface area contributed by atoms with Crippen LogP contribution in [0, 0.1) is 0 Å². The lowest BCUT2D eigenvalue weighted by Gasteiger charge is -2.23. The molecule has 0 amide bonds. The van der Waals surface area contributed by atoms with E-state index < -0.39 is 0 Å². The van der Waals surface area contributed by atoms with Crippen LogP contribution in [0.4, 0.5) is 0 Å². The Morgan fingerprint density at radius 3 is 2.05 bits per heavy atom. The number of hydrogen-bond donors (Lipinski definition) is 0. The standard InChI is InChI=1S/C20H24O2/c1-20(2,3)18-8-6-7-16(19(18)22-5)12-9-15-10-13-17(21-4)14-11-15/h6-14H,1-5H3. The molecule has 0 aliphatic carbocycles. The van der Waals surface area contributed by atoms with E-state index in [2.05, 4.69) is 51.1 Å². The number of benzene rings is 2. The number of methoxy groups -OCH3 is 2. The second-order valence-electron chi connectivity index (χ2n) is 6.28. The summed E-state index contributed by atoms with van der Waals surface area (Å²) in [5.74, 6) is 1.81. The van der Waals surface area contributed by atoms with Crippen LogP contribution in [0.5, 0.6) is 11.5 Å². The Balaban J connectivity index is 2.34. The lowest BCUT2D eigenvalue weighted by molar-refractivity contribution is 0.396. The van der Waals surface area contributed by atoms with Crippen molar-refractivity contribution >= 4 is 12.2 Å². The molecule has 116 valence electrons. The predicted molar refractivity (Wildman–Crippen MR) is 93.6 cm³/mol. The van der Waals surface area contributed by atoms with E-state index in [1.165, 1.54) is 5.56 Å². The average molecular weight is 296 g/mol. The van der Waals surface area contributed by atoms with Crippen LogP contribution in [0.15, 0.2) is 42.5 Å². The van der Waals surface area contributed by atoms with Crippen molar-refractivity contribution < 1.29 is 9.47 Å². The Morgan fingerprint density at radius 1 is 0.818 bits per heavy atom. The minimum atomic E-state index is 0.0509. The number of rotatable bonds is 4. The van der Waals surface area contributed by atoms with Crippen molar-refractivity contribution in [1.29, 1.82) is 0 Å². The quantitative estimate of drug-likeness (QED) is 0.724. The first kappa shape index (κ1) is 16.2. The minimum absolute atomic E-state index is 0.0509. The lowest BCUT2D eigenvalue weighted by Crippen LogP contribution is -2.13. The molecule has 2 rings (SSSR count). The molecule has 0 saturated heterocycles. The zero-order chi connectivity index (χ0) is 16.2. The molecule has 22 heavy (non-hydrogen) atoms. The van der Waals surface area contributed by atoms with E-state index in [1.54, 1.807) is 14.2 Å². The van der Waals surface area contributed by atoms with Gasteiger partial charge in [0.2, 0.25) is 0 Å². The number of ether oxygens (including phenoxy) is 2. The molecule has 0 fully saturated rings. The van der Waals surface area contributed by atoms with Gasteiger partial charge in [0.25, 0.3) is 0 Å². The van der Waals surface area contributed by atoms with E-state index in [0.717, 1.165) is 22.6 Å². The molecule has 2 heteroatoms. The van der Waals surface area contributed by atoms with E-state index in [4.69, 9.17) is 9.47 Å². The highest BCUT2D eigenvalue weighted by Gasteiger charge is 2.19. The summed E-state index contributed by atoms with van der Waals surface area (Å²) in [6.45, 7) is 6.59. The third-order valence-corrected chi connectivity index (χ3v) is 3.63. The van der Waals surface area contributed by atoms with Gasteiger partial charge in [-0.25, -0.2) is 0 Å². The van der Waals surface area contributed by atoms with E-state index in [0.29, 0.717) is 0 Å². The van der Waals surface area contributed by atoms with Crippen molar-refractivity contribution in [3.05, 3.63) is 59.2 Å². The van der Waals surface area contributed by atoms with E-state index in [1.807, 2.05) is 24.3 Å². The van der Waals surface area contributed by atoms with Gasteiger partial charge in [-0.1, -0.05) is 63.3 Å². The molecule has 0 N–H and O–H groups in total. The molecule has 0 bridgehead atoms. The molecule has 0 aliphatic heterocycles. The number of hydrogen-bond acceptors (Lipinski definition) is 2. The Bertz CT molecular complexity index is 646. The van der Waals surface area contributed by atoms with Crippen LogP contribution in [0.2, 0.25) is 0 Å². The first-order valence-corrected chi connectivity index (χ1v) is 7.45. The Kier molecular flexibility index (Phi) is 4.92. The maximum atomic E-state index is 5.66. The number of para-hydroxylation sites is 1. The average Bonchev–Trinajstić information content (AvgIpc) is 2.52. The van der Waals surface area contributed by atoms with E-state index in [-0.39, 0.29) is 5.41 Å². The van der Waals surface area contributed by atoms with Gasteiger partial charge < -0.3 is 9.47 Å². The normalized spacial score (nSPS) is 11.7. The summed E-state index contributed by atoms with van der Waals surface area (Å²) in [5.41, 5.74) is 3.48. The van der Waals surface area contributed by atoms with Gasteiger partial charge >= 0.3 is 0 Å². The van der Waals surface area contributed by atoms with E-state index >= 15 is 0 Å². The van der Waals surface area contributed by atoms with Crippen molar-refractivity contribution in [2.24, 2.45) is 0 Å². The van der Waals surface area contributed by atoms with Crippen LogP contribution in [0.25, 0.3) is 12.2 Å². The SMILES string of the molecule is COc1ccc(C=Cc2cccc(C(C)(C)C)c2OC)cc1. The molecule has 2 aromatic carbocycles. The van der Waals surface area contributed by atoms with Crippen LogP contribution in [-0.4, -0.2) is 14.2 Å². The van der Waals surface area contributed by atoms with Crippen LogP contribution in [0.3, 0.4) is 0 Å². The van der Waals surface area contributed by atoms with Crippen LogP contribution >= 0.6 is 0 Å². The smallest absolute Gasteiger partial charge is 0.129 e. The van der Waals surface area contributed by atoms with Crippen LogP contribution in [-0.2, 0) is 5.41 Å². The minimum Gasteiger partial charge on any atom is -0.497 e. The molecule has 2 aromatic rings. The summed E-state index contributed by atoms with van der Waals surface area (Å²) >= 11 is 0. The zero-order valence-electron chi connectivity index (χ0n) is 14.0. The molecule has 0 heterocycles. The summed E-state index contributed by atoms with van der Waals surface area (Å²) in [5, 5.41) is 0. The molecule has 0 radical (unpaired) electrons. The van der Waals surface area contributed by atoms with Gasteiger partial charge in [-0.3, -0.25) is 0 Å². The maximum Gasteiger partial charge on any atom is 0.129 e. The Hall–Kier alpha value is -2.22. The Morgan fingerprint density at radius 2 is 1.50 bits per heavy atom. The van der Waals surface area contributed by atoms with Gasteiger partial charge in [0.1, 0.15) is 11.5 Å². The fraction of sp³-hybridized carbons (Fsp3) is 0.300. The Labute approximate surface area is 133 Å². The van der Waals surface area contributed by atoms with Gasteiger partial charge in [0.15, 0.2) is 0 Å². The second-order valence-corrected chi connectivity index (χ2v) is 6.28. The fourth-order valence-electron chi connectivity index (χ4n) is 2.41.